The molecule has 0 radical (unpaired) electrons. The number of halogens is 1. The molecule has 0 spiro atoms. The zero-order chi connectivity index (χ0) is 21.0. The van der Waals surface area contributed by atoms with Crippen LogP contribution < -0.4 is 14.8 Å². The third-order valence-corrected chi connectivity index (χ3v) is 5.40. The van der Waals surface area contributed by atoms with E-state index in [-0.39, 0.29) is 29.8 Å². The number of carbonyl (C=O) groups is 1. The lowest BCUT2D eigenvalue weighted by atomic mass is 9.85. The van der Waals surface area contributed by atoms with Gasteiger partial charge in [0.2, 0.25) is 5.91 Å². The smallest absolute Gasteiger partial charge is 0.240 e. The SMILES string of the molecule is COc1cc2c(cc1OC)CN(C(=O)[C@@H](NCc1ccncc1)C(C)(C)C)CC2.Cl. The van der Waals surface area contributed by atoms with E-state index in [0.717, 1.165) is 23.3 Å². The Kier molecular flexibility index (Phi) is 8.10. The summed E-state index contributed by atoms with van der Waals surface area (Å²) in [7, 11) is 3.28. The maximum Gasteiger partial charge on any atom is 0.240 e. The van der Waals surface area contributed by atoms with Gasteiger partial charge in [0, 0.05) is 32.0 Å². The molecule has 0 fully saturated rings. The number of aromatic nitrogens is 1. The van der Waals surface area contributed by atoms with Crippen LogP contribution in [0.3, 0.4) is 0 Å². The van der Waals surface area contributed by atoms with Gasteiger partial charge < -0.3 is 19.7 Å². The first kappa shape index (κ1) is 24.0. The van der Waals surface area contributed by atoms with Crippen molar-refractivity contribution in [2.75, 3.05) is 20.8 Å². The molecular formula is C23H32ClN3O3. The molecule has 1 amide bonds. The van der Waals surface area contributed by atoms with E-state index in [2.05, 4.69) is 31.1 Å². The number of carbonyl (C=O) groups excluding carboxylic acids is 1. The number of hydrogen-bond donors (Lipinski definition) is 1. The van der Waals surface area contributed by atoms with E-state index in [4.69, 9.17) is 9.47 Å². The highest BCUT2D eigenvalue weighted by Crippen LogP contribution is 2.34. The Bertz CT molecular complexity index is 853. The standard InChI is InChI=1S/C23H31N3O3.ClH/c1-23(2,3)21(25-14-16-6-9-24-10-7-16)22(27)26-11-8-17-12-19(28-4)20(29-5)13-18(17)15-26;/h6-7,9-10,12-13,21,25H,8,11,14-15H2,1-5H3;1H/t21-;/m1./s1. The summed E-state index contributed by atoms with van der Waals surface area (Å²) in [6, 6.07) is 7.67. The number of methoxy groups -OCH3 is 2. The van der Waals surface area contributed by atoms with Gasteiger partial charge in [0.05, 0.1) is 20.3 Å². The molecule has 2 aromatic rings. The van der Waals surface area contributed by atoms with Crippen LogP contribution >= 0.6 is 12.4 Å². The number of nitrogens with zero attached hydrogens (tertiary/aromatic N) is 2. The average molecular weight is 434 g/mol. The molecule has 1 aromatic carbocycles. The summed E-state index contributed by atoms with van der Waals surface area (Å²) in [6.07, 6.45) is 4.35. The van der Waals surface area contributed by atoms with Crippen LogP contribution in [0, 0.1) is 5.41 Å². The van der Waals surface area contributed by atoms with Crippen molar-refractivity contribution in [1.82, 2.24) is 15.2 Å². The Balaban J connectivity index is 0.00000320. The second-order valence-electron chi connectivity index (χ2n) is 8.52. The molecule has 0 saturated carbocycles. The summed E-state index contributed by atoms with van der Waals surface area (Å²) in [6.45, 7) is 8.21. The molecule has 164 valence electrons. The summed E-state index contributed by atoms with van der Waals surface area (Å²) >= 11 is 0. The van der Waals surface area contributed by atoms with E-state index >= 15 is 0 Å². The summed E-state index contributed by atoms with van der Waals surface area (Å²) in [5, 5.41) is 3.47. The summed E-state index contributed by atoms with van der Waals surface area (Å²) < 4.78 is 10.9. The molecule has 0 saturated heterocycles. The van der Waals surface area contributed by atoms with Gasteiger partial charge >= 0.3 is 0 Å². The van der Waals surface area contributed by atoms with Crippen molar-refractivity contribution in [3.8, 4) is 11.5 Å². The third kappa shape index (κ3) is 5.43. The van der Waals surface area contributed by atoms with E-state index in [1.54, 1.807) is 26.6 Å². The molecule has 0 aliphatic carbocycles. The van der Waals surface area contributed by atoms with Crippen LogP contribution in [0.1, 0.15) is 37.5 Å². The number of hydrogen-bond acceptors (Lipinski definition) is 5. The maximum atomic E-state index is 13.4. The van der Waals surface area contributed by atoms with Crippen LogP contribution in [-0.2, 0) is 24.3 Å². The van der Waals surface area contributed by atoms with Crippen molar-refractivity contribution in [3.63, 3.8) is 0 Å². The van der Waals surface area contributed by atoms with Crippen LogP contribution in [0.5, 0.6) is 11.5 Å². The molecule has 30 heavy (non-hydrogen) atoms. The van der Waals surface area contributed by atoms with E-state index in [9.17, 15) is 4.79 Å². The highest BCUT2D eigenvalue weighted by atomic mass is 35.5. The summed E-state index contributed by atoms with van der Waals surface area (Å²) in [4.78, 5) is 19.5. The molecule has 1 atom stereocenters. The summed E-state index contributed by atoms with van der Waals surface area (Å²) in [5.74, 6) is 1.56. The molecule has 2 heterocycles. The minimum absolute atomic E-state index is 0. The second kappa shape index (κ2) is 10.1. The monoisotopic (exact) mass is 433 g/mol. The van der Waals surface area contributed by atoms with Crippen LogP contribution in [0.25, 0.3) is 0 Å². The first-order chi connectivity index (χ1) is 13.8. The predicted molar refractivity (Wildman–Crippen MR) is 120 cm³/mol. The highest BCUT2D eigenvalue weighted by molar-refractivity contribution is 5.85. The number of nitrogens with one attached hydrogen (secondary N) is 1. The lowest BCUT2D eigenvalue weighted by molar-refractivity contribution is -0.137. The normalized spacial score (nSPS) is 14.4. The zero-order valence-corrected chi connectivity index (χ0v) is 19.2. The van der Waals surface area contributed by atoms with Gasteiger partial charge in [-0.3, -0.25) is 9.78 Å². The fourth-order valence-corrected chi connectivity index (χ4v) is 3.74. The van der Waals surface area contributed by atoms with Crippen molar-refractivity contribution in [1.29, 1.82) is 0 Å². The van der Waals surface area contributed by atoms with Crippen LogP contribution in [0.4, 0.5) is 0 Å². The third-order valence-electron chi connectivity index (χ3n) is 5.40. The minimum Gasteiger partial charge on any atom is -0.493 e. The van der Waals surface area contributed by atoms with E-state index < -0.39 is 0 Å². The van der Waals surface area contributed by atoms with Gasteiger partial charge in [0.15, 0.2) is 11.5 Å². The Morgan fingerprint density at radius 2 is 1.73 bits per heavy atom. The molecule has 7 heteroatoms. The first-order valence-electron chi connectivity index (χ1n) is 9.98. The van der Waals surface area contributed by atoms with Crippen molar-refractivity contribution in [2.45, 2.75) is 46.3 Å². The van der Waals surface area contributed by atoms with E-state index in [1.165, 1.54) is 5.56 Å². The Hall–Kier alpha value is -2.31. The number of pyridine rings is 1. The lowest BCUT2D eigenvalue weighted by Crippen LogP contribution is -2.53. The quantitative estimate of drug-likeness (QED) is 0.753. The zero-order valence-electron chi connectivity index (χ0n) is 18.4. The molecule has 1 aromatic heterocycles. The second-order valence-corrected chi connectivity index (χ2v) is 8.52. The number of ether oxygens (including phenoxy) is 2. The van der Waals surface area contributed by atoms with Gasteiger partial charge in [-0.2, -0.15) is 0 Å². The van der Waals surface area contributed by atoms with Crippen molar-refractivity contribution in [3.05, 3.63) is 53.3 Å². The van der Waals surface area contributed by atoms with Gasteiger partial charge in [0.1, 0.15) is 0 Å². The molecule has 3 rings (SSSR count). The fourth-order valence-electron chi connectivity index (χ4n) is 3.74. The highest BCUT2D eigenvalue weighted by Gasteiger charge is 2.35. The van der Waals surface area contributed by atoms with Crippen molar-refractivity contribution in [2.24, 2.45) is 5.41 Å². The Morgan fingerprint density at radius 3 is 2.30 bits per heavy atom. The topological polar surface area (TPSA) is 63.7 Å². The largest absolute Gasteiger partial charge is 0.493 e. The molecule has 0 unspecified atom stereocenters. The molecular weight excluding hydrogens is 402 g/mol. The van der Waals surface area contributed by atoms with Crippen LogP contribution in [0.2, 0.25) is 0 Å². The minimum atomic E-state index is -0.280. The summed E-state index contributed by atoms with van der Waals surface area (Å²) in [5.41, 5.74) is 3.23. The average Bonchev–Trinajstić information content (AvgIpc) is 2.72. The van der Waals surface area contributed by atoms with Gasteiger partial charge in [0.25, 0.3) is 0 Å². The van der Waals surface area contributed by atoms with Crippen molar-refractivity contribution >= 4 is 18.3 Å². The Morgan fingerprint density at radius 1 is 1.13 bits per heavy atom. The number of benzene rings is 1. The molecule has 1 aliphatic rings. The fraction of sp³-hybridized carbons (Fsp3) is 0.478. The molecule has 1 N–H and O–H groups in total. The van der Waals surface area contributed by atoms with E-state index in [1.807, 2.05) is 29.2 Å². The molecule has 0 bridgehead atoms. The molecule has 6 nitrogen and oxygen atoms in total. The number of fused-ring (bicyclic) bond motifs is 1. The lowest BCUT2D eigenvalue weighted by Gasteiger charge is -2.37. The van der Waals surface area contributed by atoms with Gasteiger partial charge in [-0.25, -0.2) is 0 Å². The Labute approximate surface area is 185 Å². The number of rotatable bonds is 6. The van der Waals surface area contributed by atoms with Crippen LogP contribution in [-0.4, -0.2) is 42.6 Å². The predicted octanol–water partition coefficient (Wildman–Crippen LogP) is 3.61. The maximum absolute atomic E-state index is 13.4. The van der Waals surface area contributed by atoms with Gasteiger partial charge in [-0.05, 0) is 52.8 Å². The van der Waals surface area contributed by atoms with Gasteiger partial charge in [-0.1, -0.05) is 20.8 Å². The van der Waals surface area contributed by atoms with E-state index in [0.29, 0.717) is 25.4 Å². The molecule has 1 aliphatic heterocycles. The van der Waals surface area contributed by atoms with Crippen molar-refractivity contribution < 1.29 is 14.3 Å². The number of amides is 1. The first-order valence-corrected chi connectivity index (χ1v) is 9.98. The van der Waals surface area contributed by atoms with Crippen LogP contribution in [0.15, 0.2) is 36.7 Å². The van der Waals surface area contributed by atoms with Gasteiger partial charge in [-0.15, -0.1) is 12.4 Å².